The molecule has 3 aromatic heterocycles. The molecule has 8 bridgehead atoms. The highest BCUT2D eigenvalue weighted by Crippen LogP contribution is 2.33. The van der Waals surface area contributed by atoms with Gasteiger partial charge < -0.3 is 28.9 Å². The molecular formula is C46H46N4O4S2. The van der Waals surface area contributed by atoms with Crippen molar-refractivity contribution in [3.63, 3.8) is 0 Å². The Labute approximate surface area is 338 Å². The summed E-state index contributed by atoms with van der Waals surface area (Å²) in [5.74, 6) is 1.68. The summed E-state index contributed by atoms with van der Waals surface area (Å²) in [6.45, 7) is 6.22. The van der Waals surface area contributed by atoms with Gasteiger partial charge in [-0.15, -0.1) is 0 Å². The van der Waals surface area contributed by atoms with Crippen molar-refractivity contribution in [3.8, 4) is 33.8 Å². The summed E-state index contributed by atoms with van der Waals surface area (Å²) in [4.78, 5) is 17.5. The van der Waals surface area contributed by atoms with Gasteiger partial charge >= 0.3 is 0 Å². The Bertz CT molecular complexity index is 2230. The second-order valence-electron chi connectivity index (χ2n) is 13.8. The van der Waals surface area contributed by atoms with Crippen molar-refractivity contribution in [2.45, 2.75) is 52.4 Å². The Morgan fingerprint density at radius 2 is 0.911 bits per heavy atom. The van der Waals surface area contributed by atoms with Crippen LogP contribution >= 0.6 is 24.4 Å². The topological polar surface area (TPSA) is 94.3 Å². The number of hydrogen-bond donors (Lipinski definition) is 2. The molecule has 8 nitrogen and oxygen atoms in total. The van der Waals surface area contributed by atoms with Crippen molar-refractivity contribution < 1.29 is 18.9 Å². The monoisotopic (exact) mass is 782 g/mol. The maximum absolute atomic E-state index is 6.06. The number of ether oxygens (including phenoxy) is 4. The van der Waals surface area contributed by atoms with Gasteiger partial charge in [0.2, 0.25) is 0 Å². The molecule has 0 fully saturated rings. The first kappa shape index (κ1) is 38.7. The summed E-state index contributed by atoms with van der Waals surface area (Å²) in [5, 5.41) is 1.19. The van der Waals surface area contributed by atoms with E-state index in [0.29, 0.717) is 36.5 Å². The van der Waals surface area contributed by atoms with E-state index < -0.39 is 0 Å². The summed E-state index contributed by atoms with van der Waals surface area (Å²) in [5.41, 5.74) is 11.4. The molecule has 286 valence electrons. The lowest BCUT2D eigenvalue weighted by molar-refractivity contribution is 0.275. The van der Waals surface area contributed by atoms with Crippen LogP contribution in [0.25, 0.3) is 68.6 Å². The number of aromatic nitrogens is 4. The van der Waals surface area contributed by atoms with Gasteiger partial charge in [0.15, 0.2) is 10.1 Å². The Morgan fingerprint density at radius 3 is 1.32 bits per heavy atom. The smallest absolute Gasteiger partial charge is 0.156 e. The molecule has 0 radical (unpaired) electrons. The lowest BCUT2D eigenvalue weighted by Crippen LogP contribution is -2.01. The van der Waals surface area contributed by atoms with Crippen LogP contribution in [0.3, 0.4) is 0 Å². The van der Waals surface area contributed by atoms with E-state index in [2.05, 4.69) is 94.9 Å². The van der Waals surface area contributed by atoms with Gasteiger partial charge in [0.1, 0.15) is 11.5 Å². The number of rotatable bonds is 16. The molecule has 0 atom stereocenters. The molecule has 10 heteroatoms. The summed E-state index contributed by atoms with van der Waals surface area (Å²) < 4.78 is 22.9. The third-order valence-corrected chi connectivity index (χ3v) is 9.65. The van der Waals surface area contributed by atoms with Crippen molar-refractivity contribution in [2.24, 2.45) is 0 Å². The molecule has 5 heterocycles. The molecule has 0 aliphatic carbocycles. The molecule has 7 rings (SSSR count). The van der Waals surface area contributed by atoms with Gasteiger partial charge in [0.05, 0.1) is 49.2 Å². The fourth-order valence-electron chi connectivity index (χ4n) is 6.69. The van der Waals surface area contributed by atoms with Crippen LogP contribution < -0.4 is 9.47 Å². The Morgan fingerprint density at radius 1 is 0.500 bits per heavy atom. The number of H-pyrrole nitrogens is 2. The van der Waals surface area contributed by atoms with E-state index in [1.807, 2.05) is 24.3 Å². The van der Waals surface area contributed by atoms with Gasteiger partial charge in [-0.25, -0.2) is 9.97 Å². The largest absolute Gasteiger partial charge is 0.494 e. The fraction of sp³-hybridized carbons (Fsp3) is 0.261. The van der Waals surface area contributed by atoms with E-state index in [1.165, 1.54) is 0 Å². The molecule has 0 spiro atoms. The predicted molar refractivity (Wildman–Crippen MR) is 237 cm³/mol. The van der Waals surface area contributed by atoms with Crippen molar-refractivity contribution in [1.29, 1.82) is 0 Å². The number of nitrogens with one attached hydrogen (secondary N) is 2. The minimum Gasteiger partial charge on any atom is -0.494 e. The lowest BCUT2D eigenvalue weighted by atomic mass is 10.0. The van der Waals surface area contributed by atoms with Gasteiger partial charge in [0, 0.05) is 47.0 Å². The third-order valence-electron chi connectivity index (χ3n) is 9.41. The van der Waals surface area contributed by atoms with Crippen molar-refractivity contribution >= 4 is 80.9 Å². The van der Waals surface area contributed by atoms with Crippen molar-refractivity contribution in [3.05, 3.63) is 108 Å². The van der Waals surface area contributed by atoms with E-state index in [1.54, 1.807) is 13.8 Å². The molecule has 0 saturated carbocycles. The highest BCUT2D eigenvalue weighted by Gasteiger charge is 2.14. The maximum atomic E-state index is 6.06. The SMILES string of the molecule is CC(=S)OCCCCCOc1ccc(-c2c3nc(cc4ccc([nH]4)c(-c4ccc(OCCCCCOC(C)=S)cc4)c4nc(cc5ccc2[nH]5)C=C4)C=C3)cc1. The van der Waals surface area contributed by atoms with Crippen molar-refractivity contribution in [1.82, 2.24) is 19.9 Å². The van der Waals surface area contributed by atoms with Crippen LogP contribution in [0.15, 0.2) is 84.9 Å². The van der Waals surface area contributed by atoms with Gasteiger partial charge in [-0.1, -0.05) is 24.3 Å². The van der Waals surface area contributed by atoms with Crippen LogP contribution in [0.4, 0.5) is 0 Å². The van der Waals surface area contributed by atoms with Crippen LogP contribution in [0, 0.1) is 0 Å². The third kappa shape index (κ3) is 10.4. The highest BCUT2D eigenvalue weighted by atomic mass is 32.1. The molecule has 56 heavy (non-hydrogen) atoms. The van der Waals surface area contributed by atoms with Gasteiger partial charge in [-0.2, -0.15) is 0 Å². The molecule has 5 aromatic rings. The average Bonchev–Trinajstić information content (AvgIpc) is 4.03. The zero-order chi connectivity index (χ0) is 38.7. The summed E-state index contributed by atoms with van der Waals surface area (Å²) in [6.07, 6.45) is 14.1. The highest BCUT2D eigenvalue weighted by molar-refractivity contribution is 7.80. The Balaban J connectivity index is 1.15. The average molecular weight is 783 g/mol. The van der Waals surface area contributed by atoms with Gasteiger partial charge in [-0.3, -0.25) is 0 Å². The molecule has 0 amide bonds. The normalized spacial score (nSPS) is 11.8. The van der Waals surface area contributed by atoms with E-state index in [0.717, 1.165) is 117 Å². The Hall–Kier alpha value is -5.58. The molecular weight excluding hydrogens is 737 g/mol. The van der Waals surface area contributed by atoms with E-state index in [-0.39, 0.29) is 0 Å². The molecule has 2 aliphatic heterocycles. The number of benzene rings is 2. The molecule has 2 aromatic carbocycles. The number of nitrogens with zero attached hydrogens (tertiary/aromatic N) is 2. The fourth-order valence-corrected chi connectivity index (χ4v) is 6.86. The minimum atomic E-state index is 0.593. The van der Waals surface area contributed by atoms with E-state index >= 15 is 0 Å². The molecule has 0 unspecified atom stereocenters. The standard InChI is InChI=1S/C46H46N4O4S2/c1-31(55)51-25-5-3-7-27-53-39-17-9-33(10-18-39)45-41-21-13-35(47-41)29-37-15-23-43(49-37)46(44-24-16-38(50-44)30-36-14-22-42(45)48-36)34-11-19-40(20-12-34)54-28-8-4-6-26-52-32(2)56/h9-24,29-30,47,50H,3-8,25-28H2,1-2H3. The molecule has 2 aliphatic rings. The number of aromatic amines is 2. The molecule has 2 N–H and O–H groups in total. The zero-order valence-electron chi connectivity index (χ0n) is 31.8. The van der Waals surface area contributed by atoms with Gasteiger partial charge in [-0.05, 0) is 159 Å². The second kappa shape index (κ2) is 18.8. The zero-order valence-corrected chi connectivity index (χ0v) is 33.4. The lowest BCUT2D eigenvalue weighted by Gasteiger charge is -2.09. The van der Waals surface area contributed by atoms with Crippen molar-refractivity contribution in [2.75, 3.05) is 26.4 Å². The first-order valence-electron chi connectivity index (χ1n) is 19.2. The maximum Gasteiger partial charge on any atom is 0.156 e. The number of thiocarbonyl (C=S) groups is 2. The number of unbranched alkanes of at least 4 members (excludes halogenated alkanes) is 4. The van der Waals surface area contributed by atoms with E-state index in [4.69, 9.17) is 53.4 Å². The summed E-state index contributed by atoms with van der Waals surface area (Å²) >= 11 is 9.95. The van der Waals surface area contributed by atoms with Gasteiger partial charge in [0.25, 0.3) is 0 Å². The quantitative estimate of drug-likeness (QED) is 0.0739. The summed E-state index contributed by atoms with van der Waals surface area (Å²) in [6, 6.07) is 29.0. The minimum absolute atomic E-state index is 0.593. The van der Waals surface area contributed by atoms with Crippen LogP contribution in [-0.2, 0) is 9.47 Å². The number of fused-ring (bicyclic) bond motifs is 8. The van der Waals surface area contributed by atoms with E-state index in [9.17, 15) is 0 Å². The van der Waals surface area contributed by atoms with Crippen LogP contribution in [0.1, 0.15) is 75.1 Å². The first-order valence-corrected chi connectivity index (χ1v) is 20.0. The predicted octanol–water partition coefficient (Wildman–Crippen LogP) is 11.8. The van der Waals surface area contributed by atoms with Crippen LogP contribution in [-0.4, -0.2) is 56.5 Å². The summed E-state index contributed by atoms with van der Waals surface area (Å²) in [7, 11) is 0. The van der Waals surface area contributed by atoms with Crippen LogP contribution in [0.2, 0.25) is 0 Å². The molecule has 0 saturated heterocycles. The van der Waals surface area contributed by atoms with Crippen LogP contribution in [0.5, 0.6) is 11.5 Å². The Kier molecular flexibility index (Phi) is 13.0. The first-order chi connectivity index (χ1) is 27.4. The number of hydrogen-bond acceptors (Lipinski definition) is 8. The second-order valence-corrected chi connectivity index (χ2v) is 14.9.